The molecule has 4 nitrogen and oxygen atoms in total. The minimum atomic E-state index is -0.481. The maximum absolute atomic E-state index is 13.2. The van der Waals surface area contributed by atoms with Gasteiger partial charge in [-0.3, -0.25) is 10.1 Å². The lowest BCUT2D eigenvalue weighted by Crippen LogP contribution is -1.92. The Kier molecular flexibility index (Phi) is 4.35. The topological polar surface area (TPSA) is 52.4 Å². The summed E-state index contributed by atoms with van der Waals surface area (Å²) in [6.45, 7) is 0. The maximum Gasteiger partial charge on any atom is 0.270 e. The van der Waals surface area contributed by atoms with Gasteiger partial charge in [0.05, 0.1) is 8.49 Å². The molecule has 0 spiro atoms. The monoisotopic (exact) mass is 437 g/mol. The third-order valence-corrected chi connectivity index (χ3v) is 3.49. The van der Waals surface area contributed by atoms with Crippen molar-refractivity contribution >= 4 is 44.2 Å². The lowest BCUT2D eigenvalue weighted by Gasteiger charge is -2.08. The molecular weight excluding hydrogens is 432 g/mol. The highest BCUT2D eigenvalue weighted by Crippen LogP contribution is 2.31. The number of nitrogens with zero attached hydrogens (tertiary/aromatic N) is 1. The van der Waals surface area contributed by atoms with Gasteiger partial charge in [-0.25, -0.2) is 4.39 Å². The Hall–Kier alpha value is -1.22. The third kappa shape index (κ3) is 3.63. The number of benzene rings is 2. The third-order valence-electron chi connectivity index (χ3n) is 2.19. The van der Waals surface area contributed by atoms with Crippen LogP contribution in [0.4, 0.5) is 10.1 Å². The second-order valence-electron chi connectivity index (χ2n) is 3.58. The summed E-state index contributed by atoms with van der Waals surface area (Å²) in [6, 6.07) is 8.38. The van der Waals surface area contributed by atoms with Crippen LogP contribution in [-0.2, 0) is 0 Å². The first-order chi connectivity index (χ1) is 8.95. The standard InChI is InChI=1S/C12H6BrFINO3/c13-7-3-8(14)5-10(4-7)19-12-2-1-9(16(17)18)6-11(12)15/h1-6H. The summed E-state index contributed by atoms with van der Waals surface area (Å²) in [6.07, 6.45) is 0. The summed E-state index contributed by atoms with van der Waals surface area (Å²) in [4.78, 5) is 10.1. The van der Waals surface area contributed by atoms with E-state index in [0.29, 0.717) is 19.5 Å². The van der Waals surface area contributed by atoms with E-state index in [-0.39, 0.29) is 5.69 Å². The molecule has 0 heterocycles. The highest BCUT2D eigenvalue weighted by atomic mass is 127. The fourth-order valence-corrected chi connectivity index (χ4v) is 2.45. The van der Waals surface area contributed by atoms with E-state index in [4.69, 9.17) is 4.74 Å². The molecule has 0 aliphatic heterocycles. The lowest BCUT2D eigenvalue weighted by molar-refractivity contribution is -0.385. The Balaban J connectivity index is 2.30. The van der Waals surface area contributed by atoms with Gasteiger partial charge in [-0.1, -0.05) is 15.9 Å². The molecule has 0 bridgehead atoms. The van der Waals surface area contributed by atoms with E-state index in [2.05, 4.69) is 15.9 Å². The highest BCUT2D eigenvalue weighted by molar-refractivity contribution is 14.1. The van der Waals surface area contributed by atoms with Gasteiger partial charge in [-0.2, -0.15) is 0 Å². The summed E-state index contributed by atoms with van der Waals surface area (Å²) in [5, 5.41) is 10.6. The minimum absolute atomic E-state index is 0.0165. The molecule has 2 aromatic rings. The van der Waals surface area contributed by atoms with Crippen molar-refractivity contribution in [2.45, 2.75) is 0 Å². The summed E-state index contributed by atoms with van der Waals surface area (Å²) < 4.78 is 19.8. The van der Waals surface area contributed by atoms with Crippen LogP contribution in [0.5, 0.6) is 11.5 Å². The van der Waals surface area contributed by atoms with Crippen LogP contribution in [0.15, 0.2) is 40.9 Å². The molecule has 0 unspecified atom stereocenters. The van der Waals surface area contributed by atoms with Gasteiger partial charge in [0, 0.05) is 22.7 Å². The number of nitro benzene ring substituents is 1. The fraction of sp³-hybridized carbons (Fsp3) is 0. The van der Waals surface area contributed by atoms with Gasteiger partial charge in [-0.15, -0.1) is 0 Å². The van der Waals surface area contributed by atoms with Gasteiger partial charge in [0.2, 0.25) is 0 Å². The molecule has 2 rings (SSSR count). The molecule has 0 N–H and O–H groups in total. The van der Waals surface area contributed by atoms with Gasteiger partial charge in [0.1, 0.15) is 17.3 Å². The van der Waals surface area contributed by atoms with E-state index in [1.807, 2.05) is 22.6 Å². The number of halogens is 3. The number of rotatable bonds is 3. The normalized spacial score (nSPS) is 10.3. The Morgan fingerprint density at radius 1 is 1.26 bits per heavy atom. The zero-order valence-corrected chi connectivity index (χ0v) is 13.0. The SMILES string of the molecule is O=[N+]([O-])c1ccc(Oc2cc(F)cc(Br)c2)c(I)c1. The van der Waals surface area contributed by atoms with Crippen molar-refractivity contribution in [3.05, 3.63) is 60.4 Å². The number of nitro groups is 1. The van der Waals surface area contributed by atoms with Crippen molar-refractivity contribution in [2.24, 2.45) is 0 Å². The average molecular weight is 438 g/mol. The number of ether oxygens (including phenoxy) is 1. The summed E-state index contributed by atoms with van der Waals surface area (Å²) in [5.41, 5.74) is -0.0165. The van der Waals surface area contributed by atoms with Gasteiger partial charge in [-0.05, 0) is 40.8 Å². The number of hydrogen-bond donors (Lipinski definition) is 0. The molecule has 0 radical (unpaired) electrons. The largest absolute Gasteiger partial charge is 0.456 e. The van der Waals surface area contributed by atoms with Crippen LogP contribution in [0.2, 0.25) is 0 Å². The van der Waals surface area contributed by atoms with Crippen molar-refractivity contribution < 1.29 is 14.1 Å². The summed E-state index contributed by atoms with van der Waals surface area (Å²) >= 11 is 5.09. The first kappa shape index (κ1) is 14.2. The van der Waals surface area contributed by atoms with Crippen molar-refractivity contribution in [3.8, 4) is 11.5 Å². The van der Waals surface area contributed by atoms with E-state index in [1.54, 1.807) is 6.07 Å². The Bertz CT molecular complexity index is 631. The predicted octanol–water partition coefficient (Wildman–Crippen LogP) is 4.89. The fourth-order valence-electron chi connectivity index (χ4n) is 1.40. The second kappa shape index (κ2) is 5.83. The second-order valence-corrected chi connectivity index (χ2v) is 5.66. The zero-order valence-electron chi connectivity index (χ0n) is 9.27. The van der Waals surface area contributed by atoms with Crippen LogP contribution in [0.3, 0.4) is 0 Å². The average Bonchev–Trinajstić information content (AvgIpc) is 2.30. The van der Waals surface area contributed by atoms with Crippen molar-refractivity contribution in [1.29, 1.82) is 0 Å². The van der Waals surface area contributed by atoms with Crippen LogP contribution in [0.25, 0.3) is 0 Å². The number of non-ortho nitro benzene ring substituents is 1. The van der Waals surface area contributed by atoms with Gasteiger partial charge < -0.3 is 4.74 Å². The number of hydrogen-bond acceptors (Lipinski definition) is 3. The molecule has 0 aromatic heterocycles. The molecule has 0 fully saturated rings. The van der Waals surface area contributed by atoms with E-state index in [0.717, 1.165) is 0 Å². The molecule has 0 atom stereocenters. The molecule has 0 aliphatic carbocycles. The predicted molar refractivity (Wildman–Crippen MR) is 80.0 cm³/mol. The van der Waals surface area contributed by atoms with Crippen LogP contribution >= 0.6 is 38.5 Å². The first-order valence-electron chi connectivity index (χ1n) is 5.03. The molecule has 7 heteroatoms. The highest BCUT2D eigenvalue weighted by Gasteiger charge is 2.11. The van der Waals surface area contributed by atoms with Gasteiger partial charge in [0.25, 0.3) is 5.69 Å². The van der Waals surface area contributed by atoms with Crippen LogP contribution in [-0.4, -0.2) is 4.92 Å². The van der Waals surface area contributed by atoms with Crippen molar-refractivity contribution in [1.82, 2.24) is 0 Å². The molecule has 98 valence electrons. The van der Waals surface area contributed by atoms with E-state index < -0.39 is 10.7 Å². The summed E-state index contributed by atoms with van der Waals surface area (Å²) in [7, 11) is 0. The molecule has 0 amide bonds. The quantitative estimate of drug-likeness (QED) is 0.390. The summed E-state index contributed by atoms with van der Waals surface area (Å²) in [5.74, 6) is 0.323. The molecule has 2 aromatic carbocycles. The lowest BCUT2D eigenvalue weighted by atomic mass is 10.3. The van der Waals surface area contributed by atoms with Crippen LogP contribution < -0.4 is 4.74 Å². The molecule has 19 heavy (non-hydrogen) atoms. The molecule has 0 saturated heterocycles. The smallest absolute Gasteiger partial charge is 0.270 e. The minimum Gasteiger partial charge on any atom is -0.456 e. The Morgan fingerprint density at radius 2 is 2.00 bits per heavy atom. The van der Waals surface area contributed by atoms with Crippen LogP contribution in [0.1, 0.15) is 0 Å². The van der Waals surface area contributed by atoms with E-state index in [1.165, 1.54) is 30.3 Å². The Morgan fingerprint density at radius 3 is 2.58 bits per heavy atom. The van der Waals surface area contributed by atoms with Crippen molar-refractivity contribution in [3.63, 3.8) is 0 Å². The zero-order chi connectivity index (χ0) is 14.0. The molecule has 0 aliphatic rings. The van der Waals surface area contributed by atoms with Gasteiger partial charge >= 0.3 is 0 Å². The van der Waals surface area contributed by atoms with Gasteiger partial charge in [0.15, 0.2) is 0 Å². The molecular formula is C12H6BrFINO3. The van der Waals surface area contributed by atoms with Crippen LogP contribution in [0, 0.1) is 19.5 Å². The van der Waals surface area contributed by atoms with E-state index in [9.17, 15) is 14.5 Å². The first-order valence-corrected chi connectivity index (χ1v) is 6.91. The molecule has 0 saturated carbocycles. The Labute approximate surface area is 130 Å². The van der Waals surface area contributed by atoms with Crippen molar-refractivity contribution in [2.75, 3.05) is 0 Å². The maximum atomic E-state index is 13.2. The van der Waals surface area contributed by atoms with E-state index >= 15 is 0 Å².